The highest BCUT2D eigenvalue weighted by molar-refractivity contribution is 5.96. The maximum Gasteiger partial charge on any atom is 0.241 e. The number of aliphatic hydroxyl groups excluding tert-OH is 2. The smallest absolute Gasteiger partial charge is 0.241 e. The summed E-state index contributed by atoms with van der Waals surface area (Å²) in [6, 6.07) is 0. The number of anilines is 4. The number of aromatic nitrogens is 4. The van der Waals surface area contributed by atoms with Gasteiger partial charge in [-0.3, -0.25) is 4.79 Å². The fraction of sp³-hybridized carbons (Fsp3) is 0.759. The van der Waals surface area contributed by atoms with Crippen LogP contribution in [0.3, 0.4) is 0 Å². The summed E-state index contributed by atoms with van der Waals surface area (Å²) in [6.45, 7) is 8.52. The summed E-state index contributed by atoms with van der Waals surface area (Å²) in [4.78, 5) is 42.7. The molecule has 15 nitrogen and oxygen atoms in total. The number of piperidine rings is 1. The first-order chi connectivity index (χ1) is 21.1. The highest BCUT2D eigenvalue weighted by Crippen LogP contribution is 2.34. The van der Waals surface area contributed by atoms with Crippen molar-refractivity contribution in [2.75, 3.05) is 120 Å². The first kappa shape index (κ1) is 33.8. The highest BCUT2D eigenvalue weighted by Gasteiger charge is 2.31. The summed E-state index contributed by atoms with van der Waals surface area (Å²) < 4.78 is 16.4. The second kappa shape index (κ2) is 15.8. The molecule has 2 N–H and O–H groups in total. The molecule has 0 radical (unpaired) electrons. The van der Waals surface area contributed by atoms with E-state index in [0.717, 1.165) is 12.8 Å². The molecule has 0 saturated carbocycles. The van der Waals surface area contributed by atoms with Crippen LogP contribution in [-0.2, 0) is 19.0 Å². The summed E-state index contributed by atoms with van der Waals surface area (Å²) >= 11 is 0. The normalized spacial score (nSPS) is 17.8. The van der Waals surface area contributed by atoms with E-state index >= 15 is 0 Å². The third-order valence-corrected chi connectivity index (χ3v) is 7.98. The number of rotatable bonds is 15. The molecule has 2 aromatic rings. The summed E-state index contributed by atoms with van der Waals surface area (Å²) in [5.41, 5.74) is 1.09. The van der Waals surface area contributed by atoms with Gasteiger partial charge in [0.2, 0.25) is 17.8 Å². The number of carbonyl (C=O) groups excluding carboxylic acids is 1. The summed E-state index contributed by atoms with van der Waals surface area (Å²) in [5.74, 6) is 1.99. The third-order valence-electron chi connectivity index (χ3n) is 7.98. The minimum absolute atomic E-state index is 0.0210. The molecule has 246 valence electrons. The van der Waals surface area contributed by atoms with Gasteiger partial charge in [-0.1, -0.05) is 0 Å². The predicted molar refractivity (Wildman–Crippen MR) is 169 cm³/mol. The fourth-order valence-corrected chi connectivity index (χ4v) is 5.52. The number of aliphatic hydroxyl groups is 2. The standard InChI is InChI=1S/C29H49N9O6/c1-20(39)17-38(18-21(2)40)29-31-24-25(27(33-29)37-12-11-34(3)23(41)19-37)30-28(36(13-15-42-4)14-16-43-5)32-26(24)35-9-7-22(44-6)8-10-35/h20-22,39-40H,7-19H2,1-6H3. The maximum absolute atomic E-state index is 12.9. The summed E-state index contributed by atoms with van der Waals surface area (Å²) in [6.07, 6.45) is 0.458. The first-order valence-corrected chi connectivity index (χ1v) is 15.3. The van der Waals surface area contributed by atoms with Gasteiger partial charge < -0.3 is 48.9 Å². The van der Waals surface area contributed by atoms with Gasteiger partial charge in [-0.15, -0.1) is 0 Å². The van der Waals surface area contributed by atoms with Crippen molar-refractivity contribution in [1.29, 1.82) is 0 Å². The number of hydrogen-bond donors (Lipinski definition) is 2. The van der Waals surface area contributed by atoms with Crippen LogP contribution < -0.4 is 19.6 Å². The quantitative estimate of drug-likeness (QED) is 0.275. The van der Waals surface area contributed by atoms with Crippen LogP contribution in [0.1, 0.15) is 26.7 Å². The molecular formula is C29H49N9O6. The number of carbonyl (C=O) groups is 1. The Hall–Kier alpha value is -3.11. The largest absolute Gasteiger partial charge is 0.392 e. The number of piperazine rings is 1. The van der Waals surface area contributed by atoms with Gasteiger partial charge in [-0.2, -0.15) is 9.97 Å². The van der Waals surface area contributed by atoms with Crippen molar-refractivity contribution in [3.05, 3.63) is 0 Å². The van der Waals surface area contributed by atoms with Gasteiger partial charge in [0.25, 0.3) is 0 Å². The Bertz CT molecular complexity index is 1210. The minimum atomic E-state index is -0.692. The monoisotopic (exact) mass is 619 g/mol. The Kier molecular flexibility index (Phi) is 12.1. The first-order valence-electron chi connectivity index (χ1n) is 15.3. The predicted octanol–water partition coefficient (Wildman–Crippen LogP) is -0.0194. The topological polar surface area (TPSA) is 153 Å². The highest BCUT2D eigenvalue weighted by atomic mass is 16.5. The number of amides is 1. The second-order valence-corrected chi connectivity index (χ2v) is 11.6. The molecule has 2 aliphatic heterocycles. The molecule has 2 fully saturated rings. The van der Waals surface area contributed by atoms with Crippen LogP contribution in [0.2, 0.25) is 0 Å². The van der Waals surface area contributed by atoms with E-state index in [1.54, 1.807) is 52.0 Å². The van der Waals surface area contributed by atoms with Gasteiger partial charge in [0.05, 0.1) is 38.1 Å². The van der Waals surface area contributed by atoms with E-state index in [2.05, 4.69) is 4.90 Å². The molecule has 0 aliphatic carbocycles. The van der Waals surface area contributed by atoms with E-state index < -0.39 is 12.2 Å². The molecular weight excluding hydrogens is 570 g/mol. The minimum Gasteiger partial charge on any atom is -0.392 e. The lowest BCUT2D eigenvalue weighted by molar-refractivity contribution is -0.129. The van der Waals surface area contributed by atoms with E-state index in [1.165, 1.54) is 0 Å². The molecule has 2 unspecified atom stereocenters. The zero-order chi connectivity index (χ0) is 31.8. The number of nitrogens with zero attached hydrogens (tertiary/aromatic N) is 9. The molecule has 2 saturated heterocycles. The average molecular weight is 620 g/mol. The Balaban J connectivity index is 1.95. The number of likely N-dealkylation sites (N-methyl/N-ethyl adjacent to an activating group) is 1. The molecule has 0 bridgehead atoms. The molecule has 2 atom stereocenters. The van der Waals surface area contributed by atoms with Crippen molar-refractivity contribution >= 4 is 40.5 Å². The molecule has 44 heavy (non-hydrogen) atoms. The van der Waals surface area contributed by atoms with E-state index in [1.807, 2.05) is 9.80 Å². The molecule has 4 heterocycles. The lowest BCUT2D eigenvalue weighted by Crippen LogP contribution is -2.49. The molecule has 15 heteroatoms. The zero-order valence-corrected chi connectivity index (χ0v) is 27.0. The zero-order valence-electron chi connectivity index (χ0n) is 27.0. The number of fused-ring (bicyclic) bond motifs is 1. The van der Waals surface area contributed by atoms with Crippen molar-refractivity contribution in [1.82, 2.24) is 24.8 Å². The fourth-order valence-electron chi connectivity index (χ4n) is 5.52. The van der Waals surface area contributed by atoms with Crippen molar-refractivity contribution in [2.45, 2.75) is 45.0 Å². The van der Waals surface area contributed by atoms with Crippen molar-refractivity contribution < 1.29 is 29.2 Å². The van der Waals surface area contributed by atoms with Crippen LogP contribution in [0.4, 0.5) is 23.5 Å². The third kappa shape index (κ3) is 8.33. The van der Waals surface area contributed by atoms with Crippen LogP contribution in [0.15, 0.2) is 0 Å². The van der Waals surface area contributed by atoms with Crippen molar-refractivity contribution in [3.8, 4) is 0 Å². The summed E-state index contributed by atoms with van der Waals surface area (Å²) in [5, 5.41) is 20.7. The van der Waals surface area contributed by atoms with Crippen LogP contribution in [0, 0.1) is 0 Å². The molecule has 1 amide bonds. The van der Waals surface area contributed by atoms with Crippen molar-refractivity contribution in [3.63, 3.8) is 0 Å². The van der Waals surface area contributed by atoms with Gasteiger partial charge in [-0.25, -0.2) is 9.97 Å². The number of ether oxygens (including phenoxy) is 3. The molecule has 0 aromatic carbocycles. The summed E-state index contributed by atoms with van der Waals surface area (Å²) in [7, 11) is 6.85. The average Bonchev–Trinajstić information content (AvgIpc) is 3.00. The Morgan fingerprint density at radius 1 is 0.795 bits per heavy atom. The maximum atomic E-state index is 12.9. The molecule has 0 spiro atoms. The van der Waals surface area contributed by atoms with E-state index in [4.69, 9.17) is 34.1 Å². The second-order valence-electron chi connectivity index (χ2n) is 11.6. The van der Waals surface area contributed by atoms with Crippen LogP contribution in [0.5, 0.6) is 0 Å². The van der Waals surface area contributed by atoms with Crippen LogP contribution in [0.25, 0.3) is 11.0 Å². The molecule has 2 aliphatic rings. The molecule has 2 aromatic heterocycles. The van der Waals surface area contributed by atoms with Gasteiger partial charge >= 0.3 is 0 Å². The van der Waals surface area contributed by atoms with Crippen LogP contribution >= 0.6 is 0 Å². The number of hydrogen-bond acceptors (Lipinski definition) is 14. The van der Waals surface area contributed by atoms with Gasteiger partial charge in [-0.05, 0) is 26.7 Å². The van der Waals surface area contributed by atoms with E-state index in [0.29, 0.717) is 87.0 Å². The lowest BCUT2D eigenvalue weighted by Gasteiger charge is -2.35. The SMILES string of the molecule is COCCN(CCOC)c1nc(N2CCC(OC)CC2)c2nc(N(CC(C)O)CC(C)O)nc(N3CCN(C)C(=O)C3)c2n1. The Morgan fingerprint density at radius 3 is 1.80 bits per heavy atom. The van der Waals surface area contributed by atoms with Gasteiger partial charge in [0, 0.05) is 80.7 Å². The molecule has 4 rings (SSSR count). The van der Waals surface area contributed by atoms with Gasteiger partial charge in [0.15, 0.2) is 11.6 Å². The van der Waals surface area contributed by atoms with Gasteiger partial charge in [0.1, 0.15) is 11.0 Å². The Morgan fingerprint density at radius 2 is 1.32 bits per heavy atom. The van der Waals surface area contributed by atoms with Crippen molar-refractivity contribution in [2.24, 2.45) is 0 Å². The number of methoxy groups -OCH3 is 3. The Labute approximate surface area is 259 Å². The van der Waals surface area contributed by atoms with Crippen LogP contribution in [-0.4, -0.2) is 160 Å². The van der Waals surface area contributed by atoms with E-state index in [9.17, 15) is 15.0 Å². The lowest BCUT2D eigenvalue weighted by atomic mass is 10.1. The van der Waals surface area contributed by atoms with E-state index in [-0.39, 0.29) is 31.6 Å².